The van der Waals surface area contributed by atoms with Gasteiger partial charge in [-0.15, -0.1) is 0 Å². The Hall–Kier alpha value is -1.80. The molecule has 0 heterocycles. The number of rotatable bonds is 6. The Labute approximate surface area is 123 Å². The van der Waals surface area contributed by atoms with Gasteiger partial charge < -0.3 is 15.6 Å². The number of hydrogen-bond donors (Lipinski definition) is 2. The van der Waals surface area contributed by atoms with E-state index in [-0.39, 0.29) is 35.5 Å². The number of benzene rings is 1. The monoisotopic (exact) mass is 314 g/mol. The predicted molar refractivity (Wildman–Crippen MR) is 76.1 cm³/mol. The van der Waals surface area contributed by atoms with Crippen molar-refractivity contribution in [2.24, 2.45) is 0 Å². The Kier molecular flexibility index (Phi) is 4.38. The number of nitrogens with zero attached hydrogens (tertiary/aromatic N) is 1. The number of hydrogen-bond acceptors (Lipinski definition) is 6. The van der Waals surface area contributed by atoms with Crippen molar-refractivity contribution in [3.8, 4) is 5.75 Å². The number of anilines is 1. The largest absolute Gasteiger partial charge is 0.506 e. The topological polar surface area (TPSA) is 110 Å². The van der Waals surface area contributed by atoms with Crippen molar-refractivity contribution in [3.05, 3.63) is 18.2 Å². The van der Waals surface area contributed by atoms with E-state index in [1.54, 1.807) is 6.92 Å². The SMILES string of the molecule is CCOC(=O)CN(C1CC1)S(=O)(=O)c1ccc(O)c(N)c1. The first-order chi connectivity index (χ1) is 9.86. The molecule has 0 amide bonds. The van der Waals surface area contributed by atoms with Crippen LogP contribution in [0.1, 0.15) is 19.8 Å². The number of esters is 1. The first-order valence-corrected chi connectivity index (χ1v) is 8.06. The molecule has 0 saturated heterocycles. The van der Waals surface area contributed by atoms with Crippen LogP contribution in [0.25, 0.3) is 0 Å². The quantitative estimate of drug-likeness (QED) is 0.454. The molecule has 0 aliphatic heterocycles. The summed E-state index contributed by atoms with van der Waals surface area (Å²) < 4.78 is 31.1. The van der Waals surface area contributed by atoms with E-state index in [1.165, 1.54) is 18.2 Å². The Morgan fingerprint density at radius 3 is 2.67 bits per heavy atom. The van der Waals surface area contributed by atoms with Gasteiger partial charge in [0.05, 0.1) is 17.2 Å². The first kappa shape index (κ1) is 15.6. The zero-order valence-corrected chi connectivity index (χ0v) is 12.5. The highest BCUT2D eigenvalue weighted by molar-refractivity contribution is 7.89. The maximum atomic E-state index is 12.6. The minimum absolute atomic E-state index is 0.0250. The van der Waals surface area contributed by atoms with Gasteiger partial charge >= 0.3 is 5.97 Å². The lowest BCUT2D eigenvalue weighted by Crippen LogP contribution is -2.38. The summed E-state index contributed by atoms with van der Waals surface area (Å²) >= 11 is 0. The fraction of sp³-hybridized carbons (Fsp3) is 0.462. The van der Waals surface area contributed by atoms with Gasteiger partial charge in [0, 0.05) is 6.04 Å². The Morgan fingerprint density at radius 1 is 1.48 bits per heavy atom. The van der Waals surface area contributed by atoms with E-state index in [4.69, 9.17) is 10.5 Å². The highest BCUT2D eigenvalue weighted by atomic mass is 32.2. The maximum absolute atomic E-state index is 12.6. The van der Waals surface area contributed by atoms with Gasteiger partial charge in [-0.05, 0) is 38.0 Å². The van der Waals surface area contributed by atoms with Gasteiger partial charge in [0.15, 0.2) is 0 Å². The second-order valence-corrected chi connectivity index (χ2v) is 6.70. The summed E-state index contributed by atoms with van der Waals surface area (Å²) in [4.78, 5) is 11.5. The third-order valence-corrected chi connectivity index (χ3v) is 5.04. The summed E-state index contributed by atoms with van der Waals surface area (Å²) in [6.45, 7) is 1.54. The van der Waals surface area contributed by atoms with Crippen molar-refractivity contribution >= 4 is 21.7 Å². The molecule has 0 aromatic heterocycles. The molecule has 1 fully saturated rings. The molecule has 7 nitrogen and oxygen atoms in total. The molecule has 1 aromatic rings. The minimum atomic E-state index is -3.85. The second-order valence-electron chi connectivity index (χ2n) is 4.81. The van der Waals surface area contributed by atoms with Gasteiger partial charge in [0.25, 0.3) is 0 Å². The lowest BCUT2D eigenvalue weighted by Gasteiger charge is -2.21. The summed E-state index contributed by atoms with van der Waals surface area (Å²) in [5.74, 6) is -0.767. The van der Waals surface area contributed by atoms with Crippen molar-refractivity contribution in [3.63, 3.8) is 0 Å². The van der Waals surface area contributed by atoms with Crippen molar-refractivity contribution < 1.29 is 23.1 Å². The molecule has 1 aliphatic rings. The Morgan fingerprint density at radius 2 is 2.14 bits per heavy atom. The summed E-state index contributed by atoms with van der Waals surface area (Å²) in [5, 5.41) is 9.38. The van der Waals surface area contributed by atoms with Gasteiger partial charge in [-0.3, -0.25) is 4.79 Å². The zero-order valence-electron chi connectivity index (χ0n) is 11.7. The summed E-state index contributed by atoms with van der Waals surface area (Å²) in [6, 6.07) is 3.49. The molecule has 1 saturated carbocycles. The molecule has 1 aliphatic carbocycles. The van der Waals surface area contributed by atoms with Gasteiger partial charge in [0.2, 0.25) is 10.0 Å². The fourth-order valence-electron chi connectivity index (χ4n) is 1.94. The Balaban J connectivity index is 2.29. The molecule has 116 valence electrons. The average molecular weight is 314 g/mol. The Bertz CT molecular complexity index is 640. The number of aromatic hydroxyl groups is 1. The first-order valence-electron chi connectivity index (χ1n) is 6.62. The molecule has 1 aromatic carbocycles. The third-order valence-electron chi connectivity index (χ3n) is 3.15. The van der Waals surface area contributed by atoms with E-state index in [1.807, 2.05) is 0 Å². The normalized spacial score (nSPS) is 15.1. The molecule has 0 bridgehead atoms. The molecule has 21 heavy (non-hydrogen) atoms. The lowest BCUT2D eigenvalue weighted by atomic mass is 10.3. The number of nitrogens with two attached hydrogens (primary N) is 1. The van der Waals surface area contributed by atoms with Gasteiger partial charge in [-0.1, -0.05) is 0 Å². The molecule has 8 heteroatoms. The van der Waals surface area contributed by atoms with Crippen LogP contribution >= 0.6 is 0 Å². The second kappa shape index (κ2) is 5.90. The molecular formula is C13H18N2O5S. The summed E-state index contributed by atoms with van der Waals surface area (Å²) in [5.41, 5.74) is 5.51. The van der Waals surface area contributed by atoms with E-state index in [9.17, 15) is 18.3 Å². The van der Waals surface area contributed by atoms with Crippen molar-refractivity contribution in [1.82, 2.24) is 4.31 Å². The van der Waals surface area contributed by atoms with Crippen LogP contribution in [-0.2, 0) is 19.6 Å². The molecular weight excluding hydrogens is 296 g/mol. The number of sulfonamides is 1. The van der Waals surface area contributed by atoms with Crippen molar-refractivity contribution in [2.45, 2.75) is 30.7 Å². The molecule has 2 rings (SSSR count). The number of phenolic OH excluding ortho intramolecular Hbond substituents is 1. The van der Waals surface area contributed by atoms with Crippen LogP contribution in [0.15, 0.2) is 23.1 Å². The fourth-order valence-corrected chi connectivity index (χ4v) is 3.60. The smallest absolute Gasteiger partial charge is 0.321 e. The molecule has 3 N–H and O–H groups in total. The number of nitrogen functional groups attached to an aromatic ring is 1. The van der Waals surface area contributed by atoms with E-state index in [0.29, 0.717) is 12.8 Å². The van der Waals surface area contributed by atoms with Crippen LogP contribution in [-0.4, -0.2) is 43.0 Å². The number of ether oxygens (including phenoxy) is 1. The summed E-state index contributed by atoms with van der Waals surface area (Å²) in [6.07, 6.45) is 1.43. The van der Waals surface area contributed by atoms with Crippen LogP contribution in [0.2, 0.25) is 0 Å². The van der Waals surface area contributed by atoms with E-state index >= 15 is 0 Å². The number of carbonyl (C=O) groups is 1. The maximum Gasteiger partial charge on any atom is 0.321 e. The van der Waals surface area contributed by atoms with Crippen molar-refractivity contribution in [2.75, 3.05) is 18.9 Å². The van der Waals surface area contributed by atoms with Crippen LogP contribution in [0, 0.1) is 0 Å². The van der Waals surface area contributed by atoms with E-state index < -0.39 is 16.0 Å². The predicted octanol–water partition coefficient (Wildman–Crippen LogP) is 0.691. The highest BCUT2D eigenvalue weighted by Crippen LogP contribution is 2.33. The van der Waals surface area contributed by atoms with Crippen LogP contribution in [0.5, 0.6) is 5.75 Å². The zero-order chi connectivity index (χ0) is 15.6. The standard InChI is InChI=1S/C13H18N2O5S/c1-2-20-13(17)8-15(9-3-4-9)21(18,19)10-5-6-12(16)11(14)7-10/h5-7,9,16H,2-4,8,14H2,1H3. The van der Waals surface area contributed by atoms with Crippen LogP contribution in [0.3, 0.4) is 0 Å². The highest BCUT2D eigenvalue weighted by Gasteiger charge is 2.39. The summed E-state index contributed by atoms with van der Waals surface area (Å²) in [7, 11) is -3.85. The molecule has 0 spiro atoms. The number of carbonyl (C=O) groups excluding carboxylic acids is 1. The van der Waals surface area contributed by atoms with E-state index in [0.717, 1.165) is 4.31 Å². The van der Waals surface area contributed by atoms with Crippen LogP contribution < -0.4 is 5.73 Å². The average Bonchev–Trinajstić information content (AvgIpc) is 3.23. The van der Waals surface area contributed by atoms with Gasteiger partial charge in [0.1, 0.15) is 12.3 Å². The van der Waals surface area contributed by atoms with Crippen molar-refractivity contribution in [1.29, 1.82) is 0 Å². The van der Waals surface area contributed by atoms with Gasteiger partial charge in [-0.2, -0.15) is 4.31 Å². The van der Waals surface area contributed by atoms with E-state index in [2.05, 4.69) is 0 Å². The van der Waals surface area contributed by atoms with Crippen LogP contribution in [0.4, 0.5) is 5.69 Å². The lowest BCUT2D eigenvalue weighted by molar-refractivity contribution is -0.143. The molecule has 0 radical (unpaired) electrons. The molecule has 0 unspecified atom stereocenters. The number of phenols is 1. The molecule has 0 atom stereocenters. The third kappa shape index (κ3) is 3.45. The minimum Gasteiger partial charge on any atom is -0.506 e. The van der Waals surface area contributed by atoms with Gasteiger partial charge in [-0.25, -0.2) is 8.42 Å².